The molecule has 1 aliphatic rings. The maximum absolute atomic E-state index is 13.9. The third-order valence-electron chi connectivity index (χ3n) is 9.44. The van der Waals surface area contributed by atoms with Crippen molar-refractivity contribution in [3.8, 4) is 0 Å². The number of carbonyl (C=O) groups is 8. The second-order valence-corrected chi connectivity index (χ2v) is 15.8. The van der Waals surface area contributed by atoms with E-state index in [1.54, 1.807) is 20.1 Å². The number of aliphatic hydroxyl groups is 1. The molecule has 0 aromatic heterocycles. The minimum Gasteiger partial charge on any atom is -0.480 e. The molecule has 336 valence electrons. The highest BCUT2D eigenvalue weighted by Gasteiger charge is 2.39. The second kappa shape index (κ2) is 27.9. The summed E-state index contributed by atoms with van der Waals surface area (Å²) in [5.74, 6) is -6.33. The van der Waals surface area contributed by atoms with E-state index in [0.717, 1.165) is 0 Å². The molecule has 1 rings (SSSR count). The van der Waals surface area contributed by atoms with Crippen molar-refractivity contribution in [3.05, 3.63) is 0 Å². The second-order valence-electron chi connectivity index (χ2n) is 14.8. The van der Waals surface area contributed by atoms with Crippen LogP contribution in [0.3, 0.4) is 0 Å². The number of hydrogen-bond acceptors (Lipinski definition) is 13. The highest BCUT2D eigenvalue weighted by molar-refractivity contribution is 7.98. The van der Waals surface area contributed by atoms with Crippen LogP contribution in [0, 0.1) is 11.3 Å². The van der Waals surface area contributed by atoms with E-state index in [4.69, 9.17) is 28.3 Å². The van der Waals surface area contributed by atoms with E-state index in [1.807, 2.05) is 0 Å². The van der Waals surface area contributed by atoms with Crippen molar-refractivity contribution in [2.45, 2.75) is 127 Å². The van der Waals surface area contributed by atoms with Crippen LogP contribution >= 0.6 is 11.8 Å². The summed E-state index contributed by atoms with van der Waals surface area (Å²) in [6.07, 6.45) is 3.83. The lowest BCUT2D eigenvalue weighted by molar-refractivity contribution is -0.143. The van der Waals surface area contributed by atoms with Crippen molar-refractivity contribution in [3.63, 3.8) is 0 Å². The number of likely N-dealkylation sites (tertiary alicyclic amines) is 1. The Morgan fingerprint density at radius 2 is 1.37 bits per heavy atom. The molecule has 1 saturated heterocycles. The molecule has 0 saturated carbocycles. The van der Waals surface area contributed by atoms with E-state index in [9.17, 15) is 48.6 Å². The lowest BCUT2D eigenvalue weighted by Gasteiger charge is -2.30. The highest BCUT2D eigenvalue weighted by Crippen LogP contribution is 2.20. The van der Waals surface area contributed by atoms with Gasteiger partial charge >= 0.3 is 5.97 Å². The number of carbonyl (C=O) groups excluding carboxylic acids is 7. The number of carboxylic acid groups (broad SMARTS) is 1. The average molecular weight is 859 g/mol. The van der Waals surface area contributed by atoms with Crippen LogP contribution in [0.5, 0.6) is 0 Å². The Morgan fingerprint density at radius 3 is 1.92 bits per heavy atom. The van der Waals surface area contributed by atoms with Crippen LogP contribution in [0.2, 0.25) is 0 Å². The molecule has 1 aliphatic heterocycles. The van der Waals surface area contributed by atoms with Crippen LogP contribution in [-0.4, -0.2) is 149 Å². The van der Waals surface area contributed by atoms with Crippen LogP contribution in [0.25, 0.3) is 0 Å². The third-order valence-corrected chi connectivity index (χ3v) is 10.1. The number of amides is 7. The SMILES string of the molecule is CSCC[C@H](NC(=O)[C@H](CO)NC(=O)[C@@H]1CCCN1C(=O)[C@H](CCCNC(=N)N)NC(=O)[C@@H](N)CCC(N)=O)C(=O)N[C@@H](CCCCN)C(=O)N[C@@H](CC(C)C)C(=O)O. The summed E-state index contributed by atoms with van der Waals surface area (Å²) in [6.45, 7) is 3.38. The first-order valence-electron chi connectivity index (χ1n) is 19.8. The van der Waals surface area contributed by atoms with E-state index in [1.165, 1.54) is 16.7 Å². The first kappa shape index (κ1) is 52.3. The number of nitrogens with one attached hydrogen (secondary N) is 7. The summed E-state index contributed by atoms with van der Waals surface area (Å²) >= 11 is 1.38. The molecule has 59 heavy (non-hydrogen) atoms. The zero-order valence-corrected chi connectivity index (χ0v) is 35.1. The molecule has 0 radical (unpaired) electrons. The monoisotopic (exact) mass is 858 g/mol. The summed E-state index contributed by atoms with van der Waals surface area (Å²) in [6, 6.07) is -8.55. The molecule has 23 heteroatoms. The predicted octanol–water partition coefficient (Wildman–Crippen LogP) is -3.74. The zero-order chi connectivity index (χ0) is 44.7. The summed E-state index contributed by atoms with van der Waals surface area (Å²) in [5, 5.41) is 42.6. The van der Waals surface area contributed by atoms with Gasteiger partial charge in [0.05, 0.1) is 12.6 Å². The van der Waals surface area contributed by atoms with Gasteiger partial charge in [0, 0.05) is 19.5 Å². The maximum Gasteiger partial charge on any atom is 0.326 e. The average Bonchev–Trinajstić information content (AvgIpc) is 3.67. The van der Waals surface area contributed by atoms with Crippen molar-refractivity contribution >= 4 is 65.0 Å². The Balaban J connectivity index is 3.17. The molecule has 17 N–H and O–H groups in total. The molecular weight excluding hydrogens is 793 g/mol. The van der Waals surface area contributed by atoms with Gasteiger partial charge in [-0.15, -0.1) is 0 Å². The number of guanidine groups is 1. The van der Waals surface area contributed by atoms with Crippen molar-refractivity contribution in [1.29, 1.82) is 5.41 Å². The van der Waals surface area contributed by atoms with Gasteiger partial charge in [-0.1, -0.05) is 13.8 Å². The standard InChI is InChI=1S/C36H66N12O10S/c1-20(2)18-25(35(57)58)46-30(52)22(8-4-5-14-37)43-31(53)23(13-17-59-3)44-32(54)26(19-49)47-33(55)27-10-7-16-48(27)34(56)24(9-6-15-42-36(40)41)45-29(51)21(38)11-12-28(39)50/h20-27,49H,4-19,37-38H2,1-3H3,(H2,39,50)(H,43,53)(H,44,54)(H,45,51)(H,46,52)(H,47,55)(H,57,58)(H4,40,41,42)/t21-,22-,23-,24-,25-,26-,27-/m0/s1. The smallest absolute Gasteiger partial charge is 0.326 e. The molecule has 0 aromatic rings. The van der Waals surface area contributed by atoms with Gasteiger partial charge in [-0.05, 0) is 88.7 Å². The van der Waals surface area contributed by atoms with E-state index in [0.29, 0.717) is 31.6 Å². The summed E-state index contributed by atoms with van der Waals surface area (Å²) in [4.78, 5) is 105. The lowest BCUT2D eigenvalue weighted by atomic mass is 10.0. The number of carboxylic acids is 1. The van der Waals surface area contributed by atoms with Gasteiger partial charge in [-0.25, -0.2) is 4.79 Å². The first-order chi connectivity index (χ1) is 27.9. The first-order valence-corrected chi connectivity index (χ1v) is 21.2. The summed E-state index contributed by atoms with van der Waals surface area (Å²) in [7, 11) is 0. The van der Waals surface area contributed by atoms with E-state index < -0.39 is 96.2 Å². The van der Waals surface area contributed by atoms with Crippen LogP contribution in [0.4, 0.5) is 0 Å². The molecule has 1 fully saturated rings. The van der Waals surface area contributed by atoms with Gasteiger partial charge in [0.15, 0.2) is 5.96 Å². The summed E-state index contributed by atoms with van der Waals surface area (Å²) < 4.78 is 0. The third kappa shape index (κ3) is 19.7. The number of hydrogen-bond donors (Lipinski definition) is 13. The molecule has 0 bridgehead atoms. The van der Waals surface area contributed by atoms with Gasteiger partial charge in [0.25, 0.3) is 0 Å². The number of primary amides is 1. The molecule has 0 aliphatic carbocycles. The lowest BCUT2D eigenvalue weighted by Crippen LogP contribution is -2.60. The Kier molecular flexibility index (Phi) is 24.7. The molecule has 1 heterocycles. The van der Waals surface area contributed by atoms with E-state index in [2.05, 4.69) is 31.9 Å². The number of nitrogens with two attached hydrogens (primary N) is 4. The Morgan fingerprint density at radius 1 is 0.797 bits per heavy atom. The minimum atomic E-state index is -1.56. The quantitative estimate of drug-likeness (QED) is 0.0195. The molecule has 7 atom stereocenters. The number of aliphatic carboxylic acids is 1. The van der Waals surface area contributed by atoms with Crippen LogP contribution in [0.1, 0.15) is 84.5 Å². The summed E-state index contributed by atoms with van der Waals surface area (Å²) in [5.41, 5.74) is 22.1. The van der Waals surface area contributed by atoms with Crippen molar-refractivity contribution in [2.24, 2.45) is 28.9 Å². The number of rotatable bonds is 29. The molecule has 7 amide bonds. The highest BCUT2D eigenvalue weighted by atomic mass is 32.2. The molecule has 22 nitrogen and oxygen atoms in total. The van der Waals surface area contributed by atoms with E-state index in [-0.39, 0.29) is 76.3 Å². The van der Waals surface area contributed by atoms with Crippen molar-refractivity contribution < 1.29 is 48.6 Å². The van der Waals surface area contributed by atoms with Gasteiger partial charge in [0.1, 0.15) is 36.3 Å². The maximum atomic E-state index is 13.9. The zero-order valence-electron chi connectivity index (χ0n) is 34.3. The van der Waals surface area contributed by atoms with Crippen molar-refractivity contribution in [2.75, 3.05) is 38.2 Å². The number of nitrogens with zero attached hydrogens (tertiary/aromatic N) is 1. The molecule has 0 aromatic carbocycles. The molecule has 0 spiro atoms. The van der Waals surface area contributed by atoms with Gasteiger partial charge in [-0.2, -0.15) is 11.8 Å². The van der Waals surface area contributed by atoms with Crippen LogP contribution in [-0.2, 0) is 38.4 Å². The predicted molar refractivity (Wildman–Crippen MR) is 220 cm³/mol. The molecular formula is C36H66N12O10S. The van der Waals surface area contributed by atoms with Crippen LogP contribution in [0.15, 0.2) is 0 Å². The number of thioether (sulfide) groups is 1. The van der Waals surface area contributed by atoms with Gasteiger partial charge in [-0.3, -0.25) is 39.0 Å². The Labute approximate surface area is 349 Å². The van der Waals surface area contributed by atoms with Crippen LogP contribution < -0.4 is 54.8 Å². The number of aliphatic hydroxyl groups excluding tert-OH is 1. The number of unbranched alkanes of at least 4 members (excludes halogenated alkanes) is 1. The topological polar surface area (TPSA) is 380 Å². The van der Waals surface area contributed by atoms with Gasteiger partial charge in [0.2, 0.25) is 41.4 Å². The Hall–Kier alpha value is -4.74. The van der Waals surface area contributed by atoms with E-state index >= 15 is 0 Å². The fourth-order valence-electron chi connectivity index (χ4n) is 6.24. The van der Waals surface area contributed by atoms with Gasteiger partial charge < -0.3 is 69.9 Å². The largest absolute Gasteiger partial charge is 0.480 e. The van der Waals surface area contributed by atoms with Crippen molar-refractivity contribution in [1.82, 2.24) is 36.8 Å². The molecule has 0 unspecified atom stereocenters. The normalized spacial score (nSPS) is 16.7. The fraction of sp³-hybridized carbons (Fsp3) is 0.750. The fourth-order valence-corrected chi connectivity index (χ4v) is 6.71. The minimum absolute atomic E-state index is 0.0484. The Bertz CT molecular complexity index is 1440.